The van der Waals surface area contributed by atoms with E-state index in [2.05, 4.69) is 36.9 Å². The van der Waals surface area contributed by atoms with Crippen LogP contribution in [0.25, 0.3) is 0 Å². The van der Waals surface area contributed by atoms with E-state index in [0.29, 0.717) is 5.33 Å². The minimum Gasteiger partial charge on any atom is -0.386 e. The first kappa shape index (κ1) is 20.4. The van der Waals surface area contributed by atoms with Crippen molar-refractivity contribution >= 4 is 15.9 Å². The molecule has 0 aromatic carbocycles. The van der Waals surface area contributed by atoms with Gasteiger partial charge in [0.25, 0.3) is 0 Å². The molecule has 0 fully saturated rings. The number of rotatable bonds is 14. The average molecular weight is 351 g/mol. The predicted molar refractivity (Wildman–Crippen MR) is 93.5 cm³/mol. The molecule has 20 heavy (non-hydrogen) atoms. The van der Waals surface area contributed by atoms with Gasteiger partial charge in [-0.05, 0) is 12.8 Å². The normalized spacial score (nSPS) is 13.7. The fraction of sp³-hybridized carbons (Fsp3) is 1.00. The van der Waals surface area contributed by atoms with Crippen LogP contribution in [0.5, 0.6) is 0 Å². The Bertz CT molecular complexity index is 209. The third kappa shape index (κ3) is 13.4. The maximum atomic E-state index is 9.69. The second-order valence-electron chi connectivity index (χ2n) is 6.83. The number of aliphatic hydroxyl groups is 1. The SMILES string of the molecule is CCCCCCCCCCCC[N+](C)(C)CC(O)CBr. The lowest BCUT2D eigenvalue weighted by Crippen LogP contribution is -2.46. The van der Waals surface area contributed by atoms with Crippen molar-refractivity contribution in [3.8, 4) is 0 Å². The van der Waals surface area contributed by atoms with E-state index in [4.69, 9.17) is 0 Å². The number of nitrogens with zero attached hydrogens (tertiary/aromatic N) is 1. The van der Waals surface area contributed by atoms with Crippen LogP contribution < -0.4 is 0 Å². The van der Waals surface area contributed by atoms with Crippen molar-refractivity contribution in [1.29, 1.82) is 0 Å². The van der Waals surface area contributed by atoms with Crippen LogP contribution >= 0.6 is 15.9 Å². The first-order valence-corrected chi connectivity index (χ1v) is 9.70. The third-order valence-electron chi connectivity index (χ3n) is 4.00. The Morgan fingerprint density at radius 1 is 0.850 bits per heavy atom. The fourth-order valence-corrected chi connectivity index (χ4v) is 2.94. The molecule has 0 saturated carbocycles. The molecule has 1 atom stereocenters. The van der Waals surface area contributed by atoms with Gasteiger partial charge in [-0.3, -0.25) is 0 Å². The number of unbranched alkanes of at least 4 members (excludes halogenated alkanes) is 9. The molecular weight excluding hydrogens is 314 g/mol. The number of alkyl halides is 1. The lowest BCUT2D eigenvalue weighted by Gasteiger charge is -2.31. The number of likely N-dealkylation sites (N-methyl/N-ethyl adjacent to an activating group) is 1. The van der Waals surface area contributed by atoms with Crippen molar-refractivity contribution in [2.45, 2.75) is 77.2 Å². The molecule has 0 aliphatic carbocycles. The number of quaternary nitrogens is 1. The molecular formula is C17H37BrNO+. The Hall–Kier alpha value is 0.400. The van der Waals surface area contributed by atoms with Gasteiger partial charge in [-0.1, -0.05) is 74.2 Å². The highest BCUT2D eigenvalue weighted by Crippen LogP contribution is 2.12. The Labute approximate surface area is 135 Å². The fourth-order valence-electron chi connectivity index (χ4n) is 2.74. The van der Waals surface area contributed by atoms with E-state index in [-0.39, 0.29) is 6.10 Å². The topological polar surface area (TPSA) is 20.2 Å². The maximum Gasteiger partial charge on any atom is 0.112 e. The molecule has 0 rings (SSSR count). The smallest absolute Gasteiger partial charge is 0.112 e. The molecule has 3 heteroatoms. The molecule has 0 radical (unpaired) electrons. The van der Waals surface area contributed by atoms with Gasteiger partial charge in [0.1, 0.15) is 12.6 Å². The zero-order valence-electron chi connectivity index (χ0n) is 14.0. The minimum atomic E-state index is -0.215. The number of halogens is 1. The zero-order valence-corrected chi connectivity index (χ0v) is 15.6. The van der Waals surface area contributed by atoms with Crippen molar-refractivity contribution in [3.05, 3.63) is 0 Å². The summed E-state index contributed by atoms with van der Waals surface area (Å²) >= 11 is 3.34. The molecule has 0 aliphatic rings. The summed E-state index contributed by atoms with van der Waals surface area (Å²) in [7, 11) is 4.44. The summed E-state index contributed by atoms with van der Waals surface area (Å²) < 4.78 is 0.934. The summed E-state index contributed by atoms with van der Waals surface area (Å²) in [6.07, 6.45) is 13.7. The monoisotopic (exact) mass is 350 g/mol. The first-order valence-electron chi connectivity index (χ1n) is 8.58. The molecule has 0 aromatic heterocycles. The Morgan fingerprint density at radius 3 is 1.75 bits per heavy atom. The second kappa shape index (κ2) is 13.1. The van der Waals surface area contributed by atoms with Crippen molar-refractivity contribution < 1.29 is 9.59 Å². The van der Waals surface area contributed by atoms with Crippen LogP contribution in [0.1, 0.15) is 71.1 Å². The molecule has 0 aromatic rings. The van der Waals surface area contributed by atoms with Crippen LogP contribution in [0, 0.1) is 0 Å². The zero-order chi connectivity index (χ0) is 15.3. The lowest BCUT2D eigenvalue weighted by atomic mass is 10.1. The largest absolute Gasteiger partial charge is 0.386 e. The van der Waals surface area contributed by atoms with Gasteiger partial charge < -0.3 is 9.59 Å². The quantitative estimate of drug-likeness (QED) is 0.272. The van der Waals surface area contributed by atoms with E-state index in [9.17, 15) is 5.11 Å². The molecule has 2 nitrogen and oxygen atoms in total. The molecule has 0 aliphatic heterocycles. The molecule has 0 bridgehead atoms. The molecule has 0 heterocycles. The van der Waals surface area contributed by atoms with Crippen molar-refractivity contribution in [2.75, 3.05) is 32.5 Å². The van der Waals surface area contributed by atoms with Gasteiger partial charge in [0.05, 0.1) is 20.6 Å². The highest BCUT2D eigenvalue weighted by molar-refractivity contribution is 9.09. The van der Waals surface area contributed by atoms with E-state index in [1.54, 1.807) is 0 Å². The number of hydrogen-bond donors (Lipinski definition) is 1. The van der Waals surface area contributed by atoms with Crippen molar-refractivity contribution in [2.24, 2.45) is 0 Å². The van der Waals surface area contributed by atoms with Crippen molar-refractivity contribution in [1.82, 2.24) is 0 Å². The van der Waals surface area contributed by atoms with E-state index >= 15 is 0 Å². The van der Waals surface area contributed by atoms with Crippen LogP contribution in [0.3, 0.4) is 0 Å². The van der Waals surface area contributed by atoms with Gasteiger partial charge in [0, 0.05) is 5.33 Å². The Morgan fingerprint density at radius 2 is 1.30 bits per heavy atom. The van der Waals surface area contributed by atoms with Crippen LogP contribution in [-0.4, -0.2) is 48.2 Å². The highest BCUT2D eigenvalue weighted by atomic mass is 79.9. The van der Waals surface area contributed by atoms with Crippen LogP contribution in [-0.2, 0) is 0 Å². The van der Waals surface area contributed by atoms with E-state index in [1.165, 1.54) is 70.8 Å². The highest BCUT2D eigenvalue weighted by Gasteiger charge is 2.18. The summed E-state index contributed by atoms with van der Waals surface area (Å²) in [6.45, 7) is 4.31. The van der Waals surface area contributed by atoms with Gasteiger partial charge in [0.15, 0.2) is 0 Å². The summed E-state index contributed by atoms with van der Waals surface area (Å²) in [5, 5.41) is 10.4. The first-order chi connectivity index (χ1) is 9.52. The van der Waals surface area contributed by atoms with Gasteiger partial charge in [0.2, 0.25) is 0 Å². The molecule has 0 amide bonds. The summed E-state index contributed by atoms with van der Waals surface area (Å²) in [5.74, 6) is 0. The Balaban J connectivity index is 3.34. The third-order valence-corrected chi connectivity index (χ3v) is 4.75. The van der Waals surface area contributed by atoms with E-state index in [0.717, 1.165) is 11.0 Å². The molecule has 1 N–H and O–H groups in total. The number of aliphatic hydroxyl groups excluding tert-OH is 1. The maximum absolute atomic E-state index is 9.69. The summed E-state index contributed by atoms with van der Waals surface area (Å²) in [6, 6.07) is 0. The number of hydrogen-bond acceptors (Lipinski definition) is 1. The average Bonchev–Trinajstić information content (AvgIpc) is 2.40. The standard InChI is InChI=1S/C17H37BrNO/c1-4-5-6-7-8-9-10-11-12-13-14-19(2,3)16-17(20)15-18/h17,20H,4-16H2,1-3H3/q+1. The van der Waals surface area contributed by atoms with Gasteiger partial charge in [-0.15, -0.1) is 0 Å². The minimum absolute atomic E-state index is 0.215. The van der Waals surface area contributed by atoms with E-state index in [1.807, 2.05) is 0 Å². The van der Waals surface area contributed by atoms with Gasteiger partial charge in [-0.2, -0.15) is 0 Å². The molecule has 0 saturated heterocycles. The van der Waals surface area contributed by atoms with Crippen LogP contribution in [0.15, 0.2) is 0 Å². The van der Waals surface area contributed by atoms with E-state index < -0.39 is 0 Å². The molecule has 122 valence electrons. The summed E-state index contributed by atoms with van der Waals surface area (Å²) in [5.41, 5.74) is 0. The molecule has 0 spiro atoms. The van der Waals surface area contributed by atoms with Crippen molar-refractivity contribution in [3.63, 3.8) is 0 Å². The predicted octanol–water partition coefficient (Wildman–Crippen LogP) is 4.74. The lowest BCUT2D eigenvalue weighted by molar-refractivity contribution is -0.893. The van der Waals surface area contributed by atoms with Crippen LogP contribution in [0.2, 0.25) is 0 Å². The van der Waals surface area contributed by atoms with Gasteiger partial charge >= 0.3 is 0 Å². The Kier molecular flexibility index (Phi) is 13.4. The van der Waals surface area contributed by atoms with Crippen LogP contribution in [0.4, 0.5) is 0 Å². The summed E-state index contributed by atoms with van der Waals surface area (Å²) in [4.78, 5) is 0. The molecule has 1 unspecified atom stereocenters. The second-order valence-corrected chi connectivity index (χ2v) is 7.48. The van der Waals surface area contributed by atoms with Gasteiger partial charge in [-0.25, -0.2) is 0 Å².